The molecule has 15 heavy (non-hydrogen) atoms. The molecule has 0 unspecified atom stereocenters. The molecule has 1 aromatic carbocycles. The SMILES string of the molecule is O=[N+]([O-])c1ccc(OC(F)(F)F)cc1Br. The number of halogens is 4. The number of alkyl halides is 3. The van der Waals surface area contributed by atoms with Gasteiger partial charge in [-0.1, -0.05) is 0 Å². The Morgan fingerprint density at radius 1 is 1.40 bits per heavy atom. The molecule has 0 N–H and O–H groups in total. The van der Waals surface area contributed by atoms with E-state index < -0.39 is 17.0 Å². The molecule has 0 aliphatic carbocycles. The Balaban J connectivity index is 2.97. The lowest BCUT2D eigenvalue weighted by Crippen LogP contribution is -2.17. The molecule has 0 radical (unpaired) electrons. The van der Waals surface area contributed by atoms with E-state index in [0.717, 1.165) is 18.2 Å². The summed E-state index contributed by atoms with van der Waals surface area (Å²) >= 11 is 2.77. The normalized spacial score (nSPS) is 11.2. The van der Waals surface area contributed by atoms with Crippen LogP contribution in [0.4, 0.5) is 18.9 Å². The number of nitro groups is 1. The van der Waals surface area contributed by atoms with Gasteiger partial charge in [0.1, 0.15) is 5.75 Å². The smallest absolute Gasteiger partial charge is 0.406 e. The summed E-state index contributed by atoms with van der Waals surface area (Å²) in [6, 6.07) is 2.67. The van der Waals surface area contributed by atoms with Crippen molar-refractivity contribution < 1.29 is 22.8 Å². The molecule has 1 aromatic rings. The van der Waals surface area contributed by atoms with Gasteiger partial charge < -0.3 is 4.74 Å². The van der Waals surface area contributed by atoms with Gasteiger partial charge in [-0.15, -0.1) is 13.2 Å². The van der Waals surface area contributed by atoms with Crippen LogP contribution >= 0.6 is 15.9 Å². The zero-order valence-electron chi connectivity index (χ0n) is 6.92. The van der Waals surface area contributed by atoms with Gasteiger partial charge in [-0.3, -0.25) is 10.1 Å². The first-order chi connectivity index (χ1) is 6.79. The first-order valence-electron chi connectivity index (χ1n) is 3.49. The van der Waals surface area contributed by atoms with Gasteiger partial charge in [0.15, 0.2) is 0 Å². The van der Waals surface area contributed by atoms with Gasteiger partial charge in [0.05, 0.1) is 9.40 Å². The summed E-state index contributed by atoms with van der Waals surface area (Å²) in [5.41, 5.74) is -0.329. The first-order valence-corrected chi connectivity index (χ1v) is 4.28. The largest absolute Gasteiger partial charge is 0.573 e. The Bertz CT molecular complexity index is 394. The topological polar surface area (TPSA) is 52.4 Å². The molecule has 0 heterocycles. The molecule has 1 rings (SSSR count). The second kappa shape index (κ2) is 4.05. The van der Waals surface area contributed by atoms with Crippen LogP contribution < -0.4 is 4.74 Å². The number of ether oxygens (including phenoxy) is 1. The molecule has 0 saturated heterocycles. The molecule has 0 amide bonds. The number of rotatable bonds is 2. The van der Waals surface area contributed by atoms with Crippen LogP contribution in [0.5, 0.6) is 5.75 Å². The summed E-state index contributed by atoms with van der Waals surface area (Å²) < 4.78 is 38.8. The number of nitro benzene ring substituents is 1. The molecule has 0 bridgehead atoms. The number of hydrogen-bond acceptors (Lipinski definition) is 3. The number of nitrogens with zero attached hydrogens (tertiary/aromatic N) is 1. The second-order valence-corrected chi connectivity index (χ2v) is 3.27. The van der Waals surface area contributed by atoms with Gasteiger partial charge in [-0.2, -0.15) is 0 Å². The van der Waals surface area contributed by atoms with Crippen LogP contribution in [-0.4, -0.2) is 11.3 Å². The minimum absolute atomic E-state index is 0.0748. The average Bonchev–Trinajstić information content (AvgIpc) is 1.99. The minimum atomic E-state index is -4.81. The highest BCUT2D eigenvalue weighted by molar-refractivity contribution is 9.10. The van der Waals surface area contributed by atoms with Crippen molar-refractivity contribution in [3.05, 3.63) is 32.8 Å². The highest BCUT2D eigenvalue weighted by Crippen LogP contribution is 2.31. The fourth-order valence-corrected chi connectivity index (χ4v) is 1.34. The Hall–Kier alpha value is -1.31. The van der Waals surface area contributed by atoms with Crippen molar-refractivity contribution in [1.82, 2.24) is 0 Å². The molecule has 0 spiro atoms. The van der Waals surface area contributed by atoms with Crippen LogP contribution in [0, 0.1) is 10.1 Å². The van der Waals surface area contributed by atoms with E-state index in [1.54, 1.807) is 0 Å². The zero-order valence-corrected chi connectivity index (χ0v) is 8.50. The van der Waals surface area contributed by atoms with Crippen molar-refractivity contribution in [3.63, 3.8) is 0 Å². The summed E-state index contributed by atoms with van der Waals surface area (Å²) in [6.45, 7) is 0. The molecule has 8 heteroatoms. The van der Waals surface area contributed by atoms with Gasteiger partial charge in [0, 0.05) is 12.1 Å². The summed E-state index contributed by atoms with van der Waals surface area (Å²) in [7, 11) is 0. The van der Waals surface area contributed by atoms with E-state index in [1.807, 2.05) is 0 Å². The van der Waals surface area contributed by atoms with Crippen molar-refractivity contribution in [2.45, 2.75) is 6.36 Å². The number of benzene rings is 1. The van der Waals surface area contributed by atoms with Crippen molar-refractivity contribution in [3.8, 4) is 5.75 Å². The fraction of sp³-hybridized carbons (Fsp3) is 0.143. The standard InChI is InChI=1S/C7H3BrF3NO3/c8-5-3-4(15-7(9,10)11)1-2-6(5)12(13)14/h1-3H. The Morgan fingerprint density at radius 2 is 2.00 bits per heavy atom. The molecule has 0 atom stereocenters. The maximum Gasteiger partial charge on any atom is 0.573 e. The van der Waals surface area contributed by atoms with Gasteiger partial charge in [0.2, 0.25) is 0 Å². The van der Waals surface area contributed by atoms with Crippen LogP contribution in [0.15, 0.2) is 22.7 Å². The molecule has 82 valence electrons. The van der Waals surface area contributed by atoms with Gasteiger partial charge in [-0.25, -0.2) is 0 Å². The highest BCUT2D eigenvalue weighted by atomic mass is 79.9. The Labute approximate surface area is 89.9 Å². The Morgan fingerprint density at radius 3 is 2.40 bits per heavy atom. The van der Waals surface area contributed by atoms with Crippen molar-refractivity contribution in [2.24, 2.45) is 0 Å². The van der Waals surface area contributed by atoms with Crippen LogP contribution in [0.25, 0.3) is 0 Å². The third kappa shape index (κ3) is 3.39. The number of hydrogen-bond donors (Lipinski definition) is 0. The van der Waals surface area contributed by atoms with E-state index in [0.29, 0.717) is 0 Å². The molecular formula is C7H3BrF3NO3. The Kier molecular flexibility index (Phi) is 3.18. The van der Waals surface area contributed by atoms with E-state index in [-0.39, 0.29) is 10.2 Å². The van der Waals surface area contributed by atoms with Crippen LogP contribution in [-0.2, 0) is 0 Å². The predicted octanol–water partition coefficient (Wildman–Crippen LogP) is 3.26. The maximum atomic E-state index is 11.8. The van der Waals surface area contributed by atoms with Gasteiger partial charge >= 0.3 is 6.36 Å². The summed E-state index contributed by atoms with van der Waals surface area (Å²) in [4.78, 5) is 9.61. The summed E-state index contributed by atoms with van der Waals surface area (Å²) in [5, 5.41) is 10.3. The van der Waals surface area contributed by atoms with Gasteiger partial charge in [0.25, 0.3) is 5.69 Å². The molecule has 0 aromatic heterocycles. The van der Waals surface area contributed by atoms with Crippen LogP contribution in [0.2, 0.25) is 0 Å². The summed E-state index contributed by atoms with van der Waals surface area (Å²) in [5.74, 6) is -0.514. The van der Waals surface area contributed by atoms with Crippen molar-refractivity contribution in [2.75, 3.05) is 0 Å². The maximum absolute atomic E-state index is 11.8. The van der Waals surface area contributed by atoms with E-state index >= 15 is 0 Å². The summed E-state index contributed by atoms with van der Waals surface area (Å²) in [6.07, 6.45) is -4.81. The molecule has 0 saturated carbocycles. The third-order valence-electron chi connectivity index (χ3n) is 1.35. The quantitative estimate of drug-likeness (QED) is 0.619. The monoisotopic (exact) mass is 285 g/mol. The van der Waals surface area contributed by atoms with E-state index in [2.05, 4.69) is 20.7 Å². The van der Waals surface area contributed by atoms with Crippen LogP contribution in [0.1, 0.15) is 0 Å². The fourth-order valence-electron chi connectivity index (χ4n) is 0.833. The second-order valence-electron chi connectivity index (χ2n) is 2.42. The van der Waals surface area contributed by atoms with Crippen LogP contribution in [0.3, 0.4) is 0 Å². The molecular weight excluding hydrogens is 283 g/mol. The lowest BCUT2D eigenvalue weighted by atomic mass is 10.3. The van der Waals surface area contributed by atoms with Crippen molar-refractivity contribution >= 4 is 21.6 Å². The van der Waals surface area contributed by atoms with E-state index in [9.17, 15) is 23.3 Å². The zero-order chi connectivity index (χ0) is 11.6. The third-order valence-corrected chi connectivity index (χ3v) is 1.98. The van der Waals surface area contributed by atoms with Crippen molar-refractivity contribution in [1.29, 1.82) is 0 Å². The minimum Gasteiger partial charge on any atom is -0.406 e. The highest BCUT2D eigenvalue weighted by Gasteiger charge is 2.31. The van der Waals surface area contributed by atoms with Gasteiger partial charge in [-0.05, 0) is 22.0 Å². The first kappa shape index (κ1) is 11.8. The van der Waals surface area contributed by atoms with E-state index in [1.165, 1.54) is 0 Å². The molecule has 4 nitrogen and oxygen atoms in total. The lowest BCUT2D eigenvalue weighted by Gasteiger charge is -2.08. The lowest BCUT2D eigenvalue weighted by molar-refractivity contribution is -0.385. The molecule has 0 aliphatic rings. The molecule has 0 aliphatic heterocycles. The average molecular weight is 286 g/mol. The molecule has 0 fully saturated rings. The van der Waals surface area contributed by atoms with E-state index in [4.69, 9.17) is 0 Å². The predicted molar refractivity (Wildman–Crippen MR) is 47.5 cm³/mol.